The Kier molecular flexibility index (Phi) is 3.64. The molecule has 18 heavy (non-hydrogen) atoms. The summed E-state index contributed by atoms with van der Waals surface area (Å²) in [6, 6.07) is 11.9. The van der Waals surface area contributed by atoms with Gasteiger partial charge < -0.3 is 19.9 Å². The number of aliphatic hydroxyl groups is 1. The monoisotopic (exact) mass is 247 g/mol. The van der Waals surface area contributed by atoms with Gasteiger partial charge in [-0.1, -0.05) is 30.3 Å². The molecule has 5 nitrogen and oxygen atoms in total. The molecular weight excluding hydrogens is 234 g/mol. The smallest absolute Gasteiger partial charge is 0.371 e. The van der Waals surface area contributed by atoms with Crippen molar-refractivity contribution in [2.24, 2.45) is 0 Å². The topological polar surface area (TPSA) is 82.7 Å². The first-order valence-corrected chi connectivity index (χ1v) is 5.46. The van der Waals surface area contributed by atoms with Gasteiger partial charge in [-0.15, -0.1) is 0 Å². The van der Waals surface area contributed by atoms with Gasteiger partial charge in [0.25, 0.3) is 0 Å². The van der Waals surface area contributed by atoms with Crippen LogP contribution in [0.2, 0.25) is 0 Å². The predicted octanol–water partition coefficient (Wildman–Crippen LogP) is 2.12. The van der Waals surface area contributed by atoms with E-state index in [2.05, 4.69) is 5.32 Å². The molecule has 0 aliphatic carbocycles. The second-order valence-corrected chi connectivity index (χ2v) is 3.76. The Bertz CT molecular complexity index is 521. The first-order valence-electron chi connectivity index (χ1n) is 5.46. The average molecular weight is 247 g/mol. The zero-order chi connectivity index (χ0) is 13.0. The van der Waals surface area contributed by atoms with Gasteiger partial charge >= 0.3 is 5.97 Å². The van der Waals surface area contributed by atoms with Gasteiger partial charge in [0.2, 0.25) is 5.76 Å². The number of aromatic carboxylic acids is 1. The summed E-state index contributed by atoms with van der Waals surface area (Å²) in [5, 5.41) is 21.0. The third kappa shape index (κ3) is 2.70. The van der Waals surface area contributed by atoms with E-state index in [1.807, 2.05) is 30.3 Å². The number of nitrogens with one attached hydrogen (secondary N) is 1. The van der Waals surface area contributed by atoms with E-state index in [4.69, 9.17) is 9.52 Å². The van der Waals surface area contributed by atoms with E-state index < -0.39 is 5.97 Å². The molecule has 0 fully saturated rings. The Balaban J connectivity index is 2.13. The minimum Gasteiger partial charge on any atom is -0.475 e. The third-order valence-electron chi connectivity index (χ3n) is 2.52. The number of rotatable bonds is 5. The maximum absolute atomic E-state index is 10.7. The van der Waals surface area contributed by atoms with Crippen molar-refractivity contribution in [3.8, 4) is 0 Å². The number of carbonyl (C=O) groups is 1. The van der Waals surface area contributed by atoms with E-state index >= 15 is 0 Å². The summed E-state index contributed by atoms with van der Waals surface area (Å²) in [4.78, 5) is 10.7. The number of carboxylic acid groups (broad SMARTS) is 1. The number of carboxylic acids is 1. The third-order valence-corrected chi connectivity index (χ3v) is 2.52. The highest BCUT2D eigenvalue weighted by Crippen LogP contribution is 2.21. The lowest BCUT2D eigenvalue weighted by atomic mass is 10.1. The molecule has 2 aromatic rings. The summed E-state index contributed by atoms with van der Waals surface area (Å²) in [5.41, 5.74) is 0.897. The minimum absolute atomic E-state index is 0.118. The maximum Gasteiger partial charge on any atom is 0.371 e. The number of benzene rings is 1. The van der Waals surface area contributed by atoms with Gasteiger partial charge in [0.15, 0.2) is 5.88 Å². The Morgan fingerprint density at radius 1 is 1.22 bits per heavy atom. The maximum atomic E-state index is 10.7. The van der Waals surface area contributed by atoms with Gasteiger partial charge in [-0.3, -0.25) is 0 Å². The Labute approximate surface area is 104 Å². The van der Waals surface area contributed by atoms with Crippen molar-refractivity contribution in [2.75, 3.05) is 11.9 Å². The highest BCUT2D eigenvalue weighted by atomic mass is 16.4. The first kappa shape index (κ1) is 12.2. The molecule has 1 aromatic carbocycles. The molecule has 0 spiro atoms. The van der Waals surface area contributed by atoms with E-state index in [9.17, 15) is 9.90 Å². The Morgan fingerprint density at radius 3 is 2.50 bits per heavy atom. The average Bonchev–Trinajstić information content (AvgIpc) is 2.86. The van der Waals surface area contributed by atoms with Gasteiger partial charge in [-0.05, 0) is 11.6 Å². The van der Waals surface area contributed by atoms with Crippen LogP contribution in [0, 0.1) is 0 Å². The standard InChI is InChI=1S/C13H13NO4/c15-8-10(9-4-2-1-3-5-9)14-12-7-6-11(18-12)13(16)17/h1-7,10,14-15H,8H2,(H,16,17). The van der Waals surface area contributed by atoms with Gasteiger partial charge in [0.05, 0.1) is 12.6 Å². The molecule has 1 unspecified atom stereocenters. The second kappa shape index (κ2) is 5.37. The summed E-state index contributed by atoms with van der Waals surface area (Å²) >= 11 is 0. The van der Waals surface area contributed by atoms with Crippen LogP contribution in [0.1, 0.15) is 22.2 Å². The fraction of sp³-hybridized carbons (Fsp3) is 0.154. The Hall–Kier alpha value is -2.27. The number of hydrogen-bond acceptors (Lipinski definition) is 4. The van der Waals surface area contributed by atoms with Crippen LogP contribution in [-0.4, -0.2) is 22.8 Å². The Morgan fingerprint density at radius 2 is 1.94 bits per heavy atom. The van der Waals surface area contributed by atoms with Gasteiger partial charge in [0.1, 0.15) is 0 Å². The van der Waals surface area contributed by atoms with Crippen LogP contribution < -0.4 is 5.32 Å². The molecule has 1 aromatic heterocycles. The zero-order valence-electron chi connectivity index (χ0n) is 9.54. The SMILES string of the molecule is O=C(O)c1ccc(NC(CO)c2ccccc2)o1. The lowest BCUT2D eigenvalue weighted by Crippen LogP contribution is -2.14. The van der Waals surface area contributed by atoms with Crippen molar-refractivity contribution in [1.29, 1.82) is 0 Å². The summed E-state index contributed by atoms with van der Waals surface area (Å²) in [6.45, 7) is -0.118. The van der Waals surface area contributed by atoms with Crippen LogP contribution in [0.15, 0.2) is 46.9 Å². The molecule has 0 aliphatic heterocycles. The van der Waals surface area contributed by atoms with Gasteiger partial charge in [-0.2, -0.15) is 0 Å². The lowest BCUT2D eigenvalue weighted by molar-refractivity contribution is 0.0663. The quantitative estimate of drug-likeness (QED) is 0.753. The van der Waals surface area contributed by atoms with Gasteiger partial charge in [-0.25, -0.2) is 4.79 Å². The fourth-order valence-electron chi connectivity index (χ4n) is 1.62. The van der Waals surface area contributed by atoms with Gasteiger partial charge in [0, 0.05) is 6.07 Å². The van der Waals surface area contributed by atoms with Crippen molar-refractivity contribution in [3.63, 3.8) is 0 Å². The molecule has 3 N–H and O–H groups in total. The second-order valence-electron chi connectivity index (χ2n) is 3.76. The predicted molar refractivity (Wildman–Crippen MR) is 65.6 cm³/mol. The molecule has 0 saturated carbocycles. The van der Waals surface area contributed by atoms with Crippen LogP contribution in [0.5, 0.6) is 0 Å². The minimum atomic E-state index is -1.12. The highest BCUT2D eigenvalue weighted by molar-refractivity contribution is 5.84. The van der Waals surface area contributed by atoms with E-state index in [1.54, 1.807) is 0 Å². The van der Waals surface area contributed by atoms with Crippen molar-refractivity contribution in [1.82, 2.24) is 0 Å². The normalized spacial score (nSPS) is 12.1. The van der Waals surface area contributed by atoms with Crippen molar-refractivity contribution < 1.29 is 19.4 Å². The molecule has 0 saturated heterocycles. The molecule has 1 atom stereocenters. The van der Waals surface area contributed by atoms with Crippen LogP contribution in [0.3, 0.4) is 0 Å². The fourth-order valence-corrected chi connectivity index (χ4v) is 1.62. The lowest BCUT2D eigenvalue weighted by Gasteiger charge is -2.15. The first-order chi connectivity index (χ1) is 8.70. The largest absolute Gasteiger partial charge is 0.475 e. The van der Waals surface area contributed by atoms with E-state index in [0.717, 1.165) is 5.56 Å². The molecule has 0 bridgehead atoms. The van der Waals surface area contributed by atoms with Crippen LogP contribution in [0.4, 0.5) is 5.88 Å². The number of hydrogen-bond donors (Lipinski definition) is 3. The van der Waals surface area contributed by atoms with Crippen molar-refractivity contribution in [3.05, 3.63) is 53.8 Å². The summed E-state index contributed by atoms with van der Waals surface area (Å²) in [6.07, 6.45) is 0. The molecule has 2 rings (SSSR count). The van der Waals surface area contributed by atoms with Crippen LogP contribution >= 0.6 is 0 Å². The summed E-state index contributed by atoms with van der Waals surface area (Å²) in [5.74, 6) is -0.944. The van der Waals surface area contributed by atoms with E-state index in [-0.39, 0.29) is 18.4 Å². The van der Waals surface area contributed by atoms with E-state index in [0.29, 0.717) is 5.88 Å². The molecule has 0 amide bonds. The van der Waals surface area contributed by atoms with Crippen molar-refractivity contribution in [2.45, 2.75) is 6.04 Å². The molecule has 0 radical (unpaired) electrons. The highest BCUT2D eigenvalue weighted by Gasteiger charge is 2.14. The zero-order valence-corrected chi connectivity index (χ0v) is 9.54. The van der Waals surface area contributed by atoms with Crippen molar-refractivity contribution >= 4 is 11.9 Å². The number of anilines is 1. The molecular formula is C13H13NO4. The number of aliphatic hydroxyl groups excluding tert-OH is 1. The molecule has 0 aliphatic rings. The van der Waals surface area contributed by atoms with E-state index in [1.165, 1.54) is 12.1 Å². The summed E-state index contributed by atoms with van der Waals surface area (Å²) < 4.78 is 5.08. The molecule has 1 heterocycles. The van der Waals surface area contributed by atoms with Crippen LogP contribution in [-0.2, 0) is 0 Å². The molecule has 94 valence electrons. The summed E-state index contributed by atoms with van der Waals surface area (Å²) in [7, 11) is 0. The number of furan rings is 1. The molecule has 5 heteroatoms. The van der Waals surface area contributed by atoms with Crippen LogP contribution in [0.25, 0.3) is 0 Å².